The molecule has 1 aromatic carbocycles. The lowest BCUT2D eigenvalue weighted by Crippen LogP contribution is -2.27. The van der Waals surface area contributed by atoms with Crippen molar-refractivity contribution in [3.63, 3.8) is 0 Å². The summed E-state index contributed by atoms with van der Waals surface area (Å²) in [4.78, 5) is 27.4. The van der Waals surface area contributed by atoms with E-state index in [1.807, 2.05) is 0 Å². The number of hydrogen-bond donors (Lipinski definition) is 2. The van der Waals surface area contributed by atoms with E-state index in [2.05, 4.69) is 10.3 Å². The minimum Gasteiger partial charge on any atom is -0.444 e. The zero-order chi connectivity index (χ0) is 17.2. The summed E-state index contributed by atoms with van der Waals surface area (Å²) in [5.41, 5.74) is 4.65. The minimum atomic E-state index is -0.824. The van der Waals surface area contributed by atoms with E-state index in [1.54, 1.807) is 32.9 Å². The van der Waals surface area contributed by atoms with Crippen LogP contribution in [0, 0.1) is 5.82 Å². The largest absolute Gasteiger partial charge is 0.444 e. The molecule has 122 valence electrons. The minimum absolute atomic E-state index is 0.116. The van der Waals surface area contributed by atoms with Gasteiger partial charge in [-0.2, -0.15) is 0 Å². The maximum atomic E-state index is 13.8. The van der Waals surface area contributed by atoms with E-state index in [1.165, 1.54) is 12.1 Å². The lowest BCUT2D eigenvalue weighted by Gasteiger charge is -2.19. The monoisotopic (exact) mass is 337 g/mol. The van der Waals surface area contributed by atoms with Crippen LogP contribution in [0.4, 0.5) is 14.2 Å². The van der Waals surface area contributed by atoms with E-state index in [-0.39, 0.29) is 21.3 Å². The van der Waals surface area contributed by atoms with Crippen LogP contribution in [0.3, 0.4) is 0 Å². The second-order valence-electron chi connectivity index (χ2n) is 5.67. The van der Waals surface area contributed by atoms with Crippen LogP contribution in [-0.2, 0) is 4.74 Å². The normalized spacial score (nSPS) is 11.1. The number of primary amides is 1. The zero-order valence-corrected chi connectivity index (χ0v) is 13.7. The summed E-state index contributed by atoms with van der Waals surface area (Å²) in [5.74, 6) is -1.31. The summed E-state index contributed by atoms with van der Waals surface area (Å²) in [5, 5.41) is 2.78. The molecule has 2 rings (SSSR count). The Balaban J connectivity index is 2.35. The Morgan fingerprint density at radius 3 is 2.52 bits per heavy atom. The lowest BCUT2D eigenvalue weighted by atomic mass is 10.2. The van der Waals surface area contributed by atoms with Crippen LogP contribution in [0.2, 0.25) is 0 Å². The van der Waals surface area contributed by atoms with Gasteiger partial charge >= 0.3 is 6.09 Å². The van der Waals surface area contributed by atoms with Crippen molar-refractivity contribution in [2.75, 3.05) is 5.32 Å². The standard InChI is InChI=1S/C15H16FN3O3S/c1-15(2,3)22-14(21)19-13-10(11(17)20)18-12(23-13)8-6-4-5-7-9(8)16/h4-7H,1-3H3,(H2,17,20)(H,19,21). The van der Waals surface area contributed by atoms with E-state index < -0.39 is 23.4 Å². The highest BCUT2D eigenvalue weighted by Crippen LogP contribution is 2.33. The van der Waals surface area contributed by atoms with Gasteiger partial charge in [-0.05, 0) is 32.9 Å². The number of aromatic nitrogens is 1. The molecular formula is C15H16FN3O3S. The van der Waals surface area contributed by atoms with Gasteiger partial charge in [-0.25, -0.2) is 14.2 Å². The number of carbonyl (C=O) groups is 2. The van der Waals surface area contributed by atoms with Crippen LogP contribution in [0.25, 0.3) is 10.6 Å². The average Bonchev–Trinajstić information content (AvgIpc) is 2.80. The number of anilines is 1. The molecule has 3 N–H and O–H groups in total. The predicted octanol–water partition coefficient (Wildman–Crippen LogP) is 3.40. The molecular weight excluding hydrogens is 321 g/mol. The number of halogens is 1. The SMILES string of the molecule is CC(C)(C)OC(=O)Nc1sc(-c2ccccc2F)nc1C(N)=O. The van der Waals surface area contributed by atoms with Crippen molar-refractivity contribution in [1.29, 1.82) is 0 Å². The number of rotatable bonds is 3. The second-order valence-corrected chi connectivity index (χ2v) is 6.67. The quantitative estimate of drug-likeness (QED) is 0.897. The van der Waals surface area contributed by atoms with E-state index in [0.717, 1.165) is 11.3 Å². The fourth-order valence-electron chi connectivity index (χ4n) is 1.72. The molecule has 0 aliphatic heterocycles. The van der Waals surface area contributed by atoms with Crippen LogP contribution in [0.15, 0.2) is 24.3 Å². The Hall–Kier alpha value is -2.48. The fourth-order valence-corrected chi connectivity index (χ4v) is 2.70. The van der Waals surface area contributed by atoms with Crippen molar-refractivity contribution in [3.8, 4) is 10.6 Å². The van der Waals surface area contributed by atoms with Crippen LogP contribution in [0.5, 0.6) is 0 Å². The van der Waals surface area contributed by atoms with Crippen LogP contribution in [-0.4, -0.2) is 22.6 Å². The summed E-state index contributed by atoms with van der Waals surface area (Å²) in [6.07, 6.45) is -0.747. The highest BCUT2D eigenvalue weighted by atomic mass is 32.1. The highest BCUT2D eigenvalue weighted by Gasteiger charge is 2.22. The van der Waals surface area contributed by atoms with Gasteiger partial charge < -0.3 is 10.5 Å². The number of thiazole rings is 1. The van der Waals surface area contributed by atoms with Gasteiger partial charge in [0.2, 0.25) is 0 Å². The van der Waals surface area contributed by atoms with Crippen LogP contribution < -0.4 is 11.1 Å². The van der Waals surface area contributed by atoms with Crippen LogP contribution >= 0.6 is 11.3 Å². The molecule has 23 heavy (non-hydrogen) atoms. The molecule has 0 radical (unpaired) electrons. The maximum absolute atomic E-state index is 13.8. The molecule has 6 nitrogen and oxygen atoms in total. The highest BCUT2D eigenvalue weighted by molar-refractivity contribution is 7.19. The number of nitrogens with one attached hydrogen (secondary N) is 1. The first kappa shape index (κ1) is 16.9. The van der Waals surface area contributed by atoms with Gasteiger partial charge in [0.1, 0.15) is 21.4 Å². The van der Waals surface area contributed by atoms with Gasteiger partial charge in [-0.3, -0.25) is 10.1 Å². The first-order chi connectivity index (χ1) is 10.7. The van der Waals surface area contributed by atoms with E-state index in [9.17, 15) is 14.0 Å². The number of benzene rings is 1. The number of carbonyl (C=O) groups excluding carboxylic acids is 2. The van der Waals surface area contributed by atoms with Crippen molar-refractivity contribution >= 4 is 28.3 Å². The fraction of sp³-hybridized carbons (Fsp3) is 0.267. The summed E-state index contributed by atoms with van der Waals surface area (Å²) < 4.78 is 19.0. The first-order valence-corrected chi connectivity index (χ1v) is 7.54. The average molecular weight is 337 g/mol. The number of ether oxygens (including phenoxy) is 1. The van der Waals surface area contributed by atoms with Gasteiger partial charge in [-0.15, -0.1) is 0 Å². The molecule has 8 heteroatoms. The number of nitrogens with two attached hydrogens (primary N) is 1. The van der Waals surface area contributed by atoms with Crippen LogP contribution in [0.1, 0.15) is 31.3 Å². The van der Waals surface area contributed by atoms with Crippen molar-refractivity contribution in [2.45, 2.75) is 26.4 Å². The molecule has 0 unspecified atom stereocenters. The molecule has 2 amide bonds. The topological polar surface area (TPSA) is 94.3 Å². The molecule has 1 aromatic heterocycles. The lowest BCUT2D eigenvalue weighted by molar-refractivity contribution is 0.0636. The summed E-state index contributed by atoms with van der Waals surface area (Å²) in [7, 11) is 0. The summed E-state index contributed by atoms with van der Waals surface area (Å²) >= 11 is 0.946. The number of hydrogen-bond acceptors (Lipinski definition) is 5. The van der Waals surface area contributed by atoms with E-state index in [4.69, 9.17) is 10.5 Å². The molecule has 0 saturated heterocycles. The molecule has 0 saturated carbocycles. The molecule has 0 atom stereocenters. The first-order valence-electron chi connectivity index (χ1n) is 6.73. The summed E-state index contributed by atoms with van der Waals surface area (Å²) in [6, 6.07) is 5.99. The molecule has 0 fully saturated rings. The summed E-state index contributed by atoms with van der Waals surface area (Å²) in [6.45, 7) is 5.12. The Kier molecular flexibility index (Phi) is 4.65. The predicted molar refractivity (Wildman–Crippen MR) is 85.9 cm³/mol. The van der Waals surface area contributed by atoms with E-state index >= 15 is 0 Å². The van der Waals surface area contributed by atoms with Crippen molar-refractivity contribution < 1.29 is 18.7 Å². The Morgan fingerprint density at radius 2 is 1.96 bits per heavy atom. The third kappa shape index (κ3) is 4.26. The van der Waals surface area contributed by atoms with Crippen molar-refractivity contribution in [3.05, 3.63) is 35.8 Å². The van der Waals surface area contributed by atoms with Gasteiger partial charge in [0.15, 0.2) is 5.69 Å². The molecule has 0 aliphatic carbocycles. The zero-order valence-electron chi connectivity index (χ0n) is 12.8. The third-order valence-corrected chi connectivity index (χ3v) is 3.58. The van der Waals surface area contributed by atoms with Gasteiger partial charge in [0.25, 0.3) is 5.91 Å². The molecule has 0 spiro atoms. The molecule has 2 aromatic rings. The van der Waals surface area contributed by atoms with Gasteiger partial charge in [0.05, 0.1) is 0 Å². The number of amides is 2. The second kappa shape index (κ2) is 6.33. The van der Waals surface area contributed by atoms with E-state index in [0.29, 0.717) is 0 Å². The molecule has 1 heterocycles. The Morgan fingerprint density at radius 1 is 1.30 bits per heavy atom. The van der Waals surface area contributed by atoms with Gasteiger partial charge in [0, 0.05) is 5.56 Å². The molecule has 0 bridgehead atoms. The molecule has 0 aliphatic rings. The number of nitrogens with zero attached hydrogens (tertiary/aromatic N) is 1. The van der Waals surface area contributed by atoms with Gasteiger partial charge in [-0.1, -0.05) is 23.5 Å². The Labute approximate surface area is 136 Å². The third-order valence-electron chi connectivity index (χ3n) is 2.58. The maximum Gasteiger partial charge on any atom is 0.412 e. The van der Waals surface area contributed by atoms with Crippen molar-refractivity contribution in [2.24, 2.45) is 5.73 Å². The Bertz CT molecular complexity index is 753. The smallest absolute Gasteiger partial charge is 0.412 e. The van der Waals surface area contributed by atoms with Crippen molar-refractivity contribution in [1.82, 2.24) is 4.98 Å².